The van der Waals surface area contributed by atoms with Gasteiger partial charge in [-0.3, -0.25) is 5.10 Å². The fourth-order valence-electron chi connectivity index (χ4n) is 1.19. The van der Waals surface area contributed by atoms with E-state index in [9.17, 15) is 4.39 Å². The molecular formula is C9H8FN3. The van der Waals surface area contributed by atoms with Gasteiger partial charge in [0.15, 0.2) is 0 Å². The number of hydrogen-bond acceptors (Lipinski definition) is 2. The number of nitrogens with one attached hydrogen (secondary N) is 1. The zero-order valence-electron chi connectivity index (χ0n) is 6.79. The number of nitrogen functional groups attached to an aromatic ring is 1. The highest BCUT2D eigenvalue weighted by Crippen LogP contribution is 2.26. The molecule has 2 aromatic rings. The van der Waals surface area contributed by atoms with Gasteiger partial charge in [0, 0.05) is 17.3 Å². The molecule has 66 valence electrons. The van der Waals surface area contributed by atoms with Gasteiger partial charge in [-0.05, 0) is 6.07 Å². The summed E-state index contributed by atoms with van der Waals surface area (Å²) in [5, 5.41) is 6.41. The molecule has 0 aliphatic carbocycles. The van der Waals surface area contributed by atoms with E-state index < -0.39 is 5.82 Å². The van der Waals surface area contributed by atoms with Crippen LogP contribution < -0.4 is 5.73 Å². The average Bonchev–Trinajstić information content (AvgIpc) is 2.62. The topological polar surface area (TPSA) is 54.7 Å². The number of nitrogens with zero attached hydrogens (tertiary/aromatic N) is 1. The second-order valence-corrected chi connectivity index (χ2v) is 2.69. The lowest BCUT2D eigenvalue weighted by atomic mass is 10.1. The predicted octanol–water partition coefficient (Wildman–Crippen LogP) is 1.80. The van der Waals surface area contributed by atoms with Crippen LogP contribution in [0.25, 0.3) is 11.1 Å². The van der Waals surface area contributed by atoms with Gasteiger partial charge in [0.25, 0.3) is 0 Å². The maximum Gasteiger partial charge on any atom is 0.146 e. The Morgan fingerprint density at radius 2 is 2.23 bits per heavy atom. The largest absolute Gasteiger partial charge is 0.396 e. The third kappa shape index (κ3) is 1.26. The fourth-order valence-corrected chi connectivity index (χ4v) is 1.19. The molecule has 0 atom stereocenters. The highest BCUT2D eigenvalue weighted by molar-refractivity contribution is 5.75. The van der Waals surface area contributed by atoms with Crippen molar-refractivity contribution in [3.8, 4) is 11.1 Å². The van der Waals surface area contributed by atoms with Crippen molar-refractivity contribution in [1.29, 1.82) is 0 Å². The monoisotopic (exact) mass is 177 g/mol. The van der Waals surface area contributed by atoms with Crippen LogP contribution in [0.4, 0.5) is 10.1 Å². The second-order valence-electron chi connectivity index (χ2n) is 2.69. The summed E-state index contributed by atoms with van der Waals surface area (Å²) >= 11 is 0. The minimum absolute atomic E-state index is 0.156. The molecule has 0 aliphatic heterocycles. The van der Waals surface area contributed by atoms with Crippen molar-refractivity contribution >= 4 is 5.69 Å². The molecule has 0 fully saturated rings. The summed E-state index contributed by atoms with van der Waals surface area (Å²) in [6.45, 7) is 0. The number of benzene rings is 1. The summed E-state index contributed by atoms with van der Waals surface area (Å²) < 4.78 is 13.0. The molecule has 0 saturated heterocycles. The normalized spacial score (nSPS) is 10.2. The Balaban J connectivity index is 2.59. The van der Waals surface area contributed by atoms with E-state index in [1.54, 1.807) is 24.5 Å². The molecule has 3 nitrogen and oxygen atoms in total. The quantitative estimate of drug-likeness (QED) is 0.652. The van der Waals surface area contributed by atoms with Crippen molar-refractivity contribution in [2.45, 2.75) is 0 Å². The van der Waals surface area contributed by atoms with E-state index in [-0.39, 0.29) is 5.69 Å². The molecule has 4 heteroatoms. The fraction of sp³-hybridized carbons (Fsp3) is 0. The van der Waals surface area contributed by atoms with Crippen molar-refractivity contribution < 1.29 is 4.39 Å². The molecule has 0 saturated carbocycles. The molecule has 0 unspecified atom stereocenters. The number of rotatable bonds is 1. The van der Waals surface area contributed by atoms with Gasteiger partial charge in [-0.15, -0.1) is 0 Å². The van der Waals surface area contributed by atoms with Crippen molar-refractivity contribution in [2.24, 2.45) is 0 Å². The van der Waals surface area contributed by atoms with Gasteiger partial charge in [0.05, 0.1) is 11.9 Å². The number of para-hydroxylation sites is 1. The lowest BCUT2D eigenvalue weighted by Gasteiger charge is -2.02. The Kier molecular flexibility index (Phi) is 1.73. The molecule has 1 heterocycles. The van der Waals surface area contributed by atoms with Crippen LogP contribution in [0.3, 0.4) is 0 Å². The van der Waals surface area contributed by atoms with Crippen LogP contribution in [-0.4, -0.2) is 10.2 Å². The number of halogens is 1. The summed E-state index contributed by atoms with van der Waals surface area (Å²) in [5.41, 5.74) is 7.16. The van der Waals surface area contributed by atoms with Crippen LogP contribution >= 0.6 is 0 Å². The molecule has 0 aliphatic rings. The van der Waals surface area contributed by atoms with E-state index >= 15 is 0 Å². The van der Waals surface area contributed by atoms with Gasteiger partial charge >= 0.3 is 0 Å². The number of nitrogens with two attached hydrogens (primary N) is 1. The van der Waals surface area contributed by atoms with E-state index in [4.69, 9.17) is 5.73 Å². The molecule has 1 aromatic heterocycles. The van der Waals surface area contributed by atoms with Crippen LogP contribution in [0.1, 0.15) is 0 Å². The van der Waals surface area contributed by atoms with Crippen LogP contribution in [0, 0.1) is 5.82 Å². The minimum atomic E-state index is -0.404. The van der Waals surface area contributed by atoms with Gasteiger partial charge in [-0.2, -0.15) is 5.10 Å². The first-order valence-corrected chi connectivity index (χ1v) is 3.82. The van der Waals surface area contributed by atoms with Gasteiger partial charge < -0.3 is 5.73 Å². The second kappa shape index (κ2) is 2.90. The third-order valence-corrected chi connectivity index (χ3v) is 1.86. The molecular weight excluding hydrogens is 169 g/mol. The Bertz CT molecular complexity index is 409. The molecule has 1 aromatic carbocycles. The summed E-state index contributed by atoms with van der Waals surface area (Å²) in [5.74, 6) is -0.404. The SMILES string of the molecule is Nc1c(F)cccc1-c1cn[nH]c1. The smallest absolute Gasteiger partial charge is 0.146 e. The number of hydrogen-bond donors (Lipinski definition) is 2. The Labute approximate surface area is 74.4 Å². The zero-order valence-corrected chi connectivity index (χ0v) is 6.79. The molecule has 13 heavy (non-hydrogen) atoms. The van der Waals surface area contributed by atoms with Gasteiger partial charge in [-0.1, -0.05) is 12.1 Å². The number of aromatic nitrogens is 2. The maximum absolute atomic E-state index is 13.0. The minimum Gasteiger partial charge on any atom is -0.396 e. The van der Waals surface area contributed by atoms with E-state index in [1.165, 1.54) is 6.07 Å². The Morgan fingerprint density at radius 1 is 1.38 bits per heavy atom. The molecule has 0 bridgehead atoms. The van der Waals surface area contributed by atoms with E-state index in [1.807, 2.05) is 0 Å². The summed E-state index contributed by atoms with van der Waals surface area (Å²) in [6.07, 6.45) is 3.27. The van der Waals surface area contributed by atoms with Crippen molar-refractivity contribution in [3.63, 3.8) is 0 Å². The van der Waals surface area contributed by atoms with Crippen molar-refractivity contribution in [2.75, 3.05) is 5.73 Å². The van der Waals surface area contributed by atoms with E-state index in [0.29, 0.717) is 5.56 Å². The number of anilines is 1. The molecule has 0 amide bonds. The molecule has 3 N–H and O–H groups in total. The lowest BCUT2D eigenvalue weighted by molar-refractivity contribution is 0.633. The summed E-state index contributed by atoms with van der Waals surface area (Å²) in [4.78, 5) is 0. The third-order valence-electron chi connectivity index (χ3n) is 1.86. The molecule has 0 spiro atoms. The van der Waals surface area contributed by atoms with Gasteiger partial charge in [-0.25, -0.2) is 4.39 Å². The Morgan fingerprint density at radius 3 is 2.92 bits per heavy atom. The van der Waals surface area contributed by atoms with Crippen LogP contribution in [0.15, 0.2) is 30.6 Å². The van der Waals surface area contributed by atoms with Crippen molar-refractivity contribution in [3.05, 3.63) is 36.4 Å². The highest BCUT2D eigenvalue weighted by Gasteiger charge is 2.06. The zero-order chi connectivity index (χ0) is 9.26. The van der Waals surface area contributed by atoms with Gasteiger partial charge in [0.1, 0.15) is 5.82 Å². The van der Waals surface area contributed by atoms with E-state index in [2.05, 4.69) is 10.2 Å². The molecule has 0 radical (unpaired) electrons. The number of aromatic amines is 1. The first kappa shape index (κ1) is 7.79. The maximum atomic E-state index is 13.0. The van der Waals surface area contributed by atoms with E-state index in [0.717, 1.165) is 5.56 Å². The summed E-state index contributed by atoms with van der Waals surface area (Å²) in [7, 11) is 0. The lowest BCUT2D eigenvalue weighted by Crippen LogP contribution is -1.93. The molecule has 2 rings (SSSR count). The van der Waals surface area contributed by atoms with Gasteiger partial charge in [0.2, 0.25) is 0 Å². The first-order valence-electron chi connectivity index (χ1n) is 3.82. The standard InChI is InChI=1S/C9H8FN3/c10-8-3-1-2-7(9(8)11)6-4-12-13-5-6/h1-5H,11H2,(H,12,13). The predicted molar refractivity (Wildman–Crippen MR) is 48.4 cm³/mol. The average molecular weight is 177 g/mol. The summed E-state index contributed by atoms with van der Waals surface area (Å²) in [6, 6.07) is 4.70. The van der Waals surface area contributed by atoms with Crippen LogP contribution in [-0.2, 0) is 0 Å². The first-order chi connectivity index (χ1) is 6.29. The van der Waals surface area contributed by atoms with Crippen LogP contribution in [0.2, 0.25) is 0 Å². The highest BCUT2D eigenvalue weighted by atomic mass is 19.1. The van der Waals surface area contributed by atoms with Crippen LogP contribution in [0.5, 0.6) is 0 Å². The number of H-pyrrole nitrogens is 1. The Hall–Kier alpha value is -1.84. The van der Waals surface area contributed by atoms with Crippen molar-refractivity contribution in [1.82, 2.24) is 10.2 Å².